The van der Waals surface area contributed by atoms with Crippen LogP contribution in [0.1, 0.15) is 45.7 Å². The lowest BCUT2D eigenvalue weighted by molar-refractivity contribution is 0.111. The van der Waals surface area contributed by atoms with Crippen LogP contribution in [0.15, 0.2) is 97.1 Å². The van der Waals surface area contributed by atoms with Gasteiger partial charge in [0.2, 0.25) is 0 Å². The molecule has 0 fully saturated rings. The number of benzene rings is 4. The van der Waals surface area contributed by atoms with Crippen molar-refractivity contribution in [3.05, 3.63) is 119 Å². The summed E-state index contributed by atoms with van der Waals surface area (Å²) in [6, 6.07) is 30.1. The summed E-state index contributed by atoms with van der Waals surface area (Å²) in [6.07, 6.45) is 1.58. The number of aldehydes is 2. The van der Waals surface area contributed by atoms with Crippen LogP contribution in [-0.4, -0.2) is 12.6 Å². The number of para-hydroxylation sites is 2. The zero-order valence-corrected chi connectivity index (χ0v) is 18.5. The lowest BCUT2D eigenvalue weighted by Gasteiger charge is -2.26. The maximum absolute atomic E-state index is 11.2. The Kier molecular flexibility index (Phi) is 6.36. The average molecular weight is 437 g/mol. The Morgan fingerprint density at radius 1 is 0.545 bits per heavy atom. The molecule has 0 unspecified atom stereocenters. The van der Waals surface area contributed by atoms with Crippen molar-refractivity contribution < 1.29 is 19.1 Å². The van der Waals surface area contributed by atoms with Crippen molar-refractivity contribution in [2.45, 2.75) is 19.3 Å². The number of carbonyl (C=O) groups is 2. The molecule has 4 aromatic rings. The first kappa shape index (κ1) is 22.0. The van der Waals surface area contributed by atoms with E-state index >= 15 is 0 Å². The van der Waals surface area contributed by atoms with Crippen LogP contribution in [0.2, 0.25) is 0 Å². The summed E-state index contributed by atoms with van der Waals surface area (Å²) < 4.78 is 11.8. The molecule has 0 bridgehead atoms. The third kappa shape index (κ3) is 4.85. The van der Waals surface area contributed by atoms with Crippen LogP contribution >= 0.6 is 0 Å². The van der Waals surface area contributed by atoms with Crippen molar-refractivity contribution in [3.63, 3.8) is 0 Å². The molecular weight excluding hydrogens is 412 g/mol. The number of carbonyl (C=O) groups excluding carboxylic acids is 2. The molecule has 0 aliphatic rings. The SMILES string of the molecule is CC(C)(c1ccc(Oc2ccccc2C=O)cc1)c1ccc(Oc2ccccc2C=O)cc1. The molecule has 0 spiro atoms. The number of hydrogen-bond donors (Lipinski definition) is 0. The molecule has 4 heteroatoms. The molecule has 0 saturated carbocycles. The highest BCUT2D eigenvalue weighted by Gasteiger charge is 2.23. The second kappa shape index (κ2) is 9.53. The zero-order valence-electron chi connectivity index (χ0n) is 18.5. The van der Waals surface area contributed by atoms with Crippen LogP contribution < -0.4 is 9.47 Å². The van der Waals surface area contributed by atoms with E-state index in [1.54, 1.807) is 36.4 Å². The Labute approximate surface area is 193 Å². The van der Waals surface area contributed by atoms with Crippen molar-refractivity contribution in [2.24, 2.45) is 0 Å². The highest BCUT2D eigenvalue weighted by atomic mass is 16.5. The molecule has 164 valence electrons. The second-order valence-electron chi connectivity index (χ2n) is 8.19. The predicted octanol–water partition coefficient (Wildman–Crippen LogP) is 7.22. The Morgan fingerprint density at radius 2 is 0.909 bits per heavy atom. The smallest absolute Gasteiger partial charge is 0.153 e. The fraction of sp³-hybridized carbons (Fsp3) is 0.103. The van der Waals surface area contributed by atoms with Crippen LogP contribution in [0.25, 0.3) is 0 Å². The van der Waals surface area contributed by atoms with Gasteiger partial charge in [0, 0.05) is 5.41 Å². The van der Waals surface area contributed by atoms with E-state index in [4.69, 9.17) is 9.47 Å². The molecule has 0 aliphatic heterocycles. The molecule has 4 nitrogen and oxygen atoms in total. The lowest BCUT2D eigenvalue weighted by atomic mass is 9.78. The molecule has 0 N–H and O–H groups in total. The van der Waals surface area contributed by atoms with Gasteiger partial charge in [-0.2, -0.15) is 0 Å². The minimum absolute atomic E-state index is 0.252. The molecule has 0 amide bonds. The highest BCUT2D eigenvalue weighted by molar-refractivity contribution is 5.79. The first-order valence-electron chi connectivity index (χ1n) is 10.7. The molecule has 0 atom stereocenters. The zero-order chi connectivity index (χ0) is 23.3. The van der Waals surface area contributed by atoms with Crippen LogP contribution in [0.4, 0.5) is 0 Å². The summed E-state index contributed by atoms with van der Waals surface area (Å²) in [5.74, 6) is 2.40. The quantitative estimate of drug-likeness (QED) is 0.274. The predicted molar refractivity (Wildman–Crippen MR) is 129 cm³/mol. The number of hydrogen-bond acceptors (Lipinski definition) is 4. The third-order valence-corrected chi connectivity index (χ3v) is 5.70. The first-order chi connectivity index (χ1) is 16.0. The highest BCUT2D eigenvalue weighted by Crippen LogP contribution is 2.35. The van der Waals surface area contributed by atoms with E-state index in [1.165, 1.54) is 0 Å². The van der Waals surface area contributed by atoms with E-state index < -0.39 is 0 Å². The normalized spacial score (nSPS) is 11.0. The Hall–Kier alpha value is -4.18. The molecule has 4 aromatic carbocycles. The lowest BCUT2D eigenvalue weighted by Crippen LogP contribution is -2.18. The van der Waals surface area contributed by atoms with Gasteiger partial charge in [0.15, 0.2) is 12.6 Å². The van der Waals surface area contributed by atoms with Gasteiger partial charge in [-0.25, -0.2) is 0 Å². The van der Waals surface area contributed by atoms with Crippen molar-refractivity contribution in [1.29, 1.82) is 0 Å². The van der Waals surface area contributed by atoms with Gasteiger partial charge in [0.25, 0.3) is 0 Å². The van der Waals surface area contributed by atoms with Crippen molar-refractivity contribution in [1.82, 2.24) is 0 Å². The fourth-order valence-corrected chi connectivity index (χ4v) is 3.64. The van der Waals surface area contributed by atoms with E-state index in [2.05, 4.69) is 13.8 Å². The summed E-state index contributed by atoms with van der Waals surface area (Å²) in [6.45, 7) is 4.31. The van der Waals surface area contributed by atoms with Gasteiger partial charge >= 0.3 is 0 Å². The maximum atomic E-state index is 11.2. The minimum Gasteiger partial charge on any atom is -0.457 e. The maximum Gasteiger partial charge on any atom is 0.153 e. The van der Waals surface area contributed by atoms with Crippen LogP contribution in [-0.2, 0) is 5.41 Å². The monoisotopic (exact) mass is 436 g/mol. The molecule has 0 radical (unpaired) electrons. The largest absolute Gasteiger partial charge is 0.457 e. The second-order valence-corrected chi connectivity index (χ2v) is 8.19. The van der Waals surface area contributed by atoms with Crippen molar-refractivity contribution in [2.75, 3.05) is 0 Å². The Bertz CT molecular complexity index is 1160. The summed E-state index contributed by atoms with van der Waals surface area (Å²) in [7, 11) is 0. The van der Waals surface area contributed by atoms with Gasteiger partial charge in [0.05, 0.1) is 11.1 Å². The van der Waals surface area contributed by atoms with Crippen molar-refractivity contribution >= 4 is 12.6 Å². The van der Waals surface area contributed by atoms with E-state index in [0.29, 0.717) is 34.1 Å². The van der Waals surface area contributed by atoms with Gasteiger partial charge in [-0.3, -0.25) is 9.59 Å². The van der Waals surface area contributed by atoms with E-state index in [-0.39, 0.29) is 5.41 Å². The minimum atomic E-state index is -0.252. The molecule has 0 aliphatic carbocycles. The van der Waals surface area contributed by atoms with Gasteiger partial charge in [-0.15, -0.1) is 0 Å². The molecule has 0 aromatic heterocycles. The summed E-state index contributed by atoms with van der Waals surface area (Å²) >= 11 is 0. The number of ether oxygens (including phenoxy) is 2. The molecule has 0 saturated heterocycles. The van der Waals surface area contributed by atoms with Crippen LogP contribution in [0.5, 0.6) is 23.0 Å². The molecule has 33 heavy (non-hydrogen) atoms. The van der Waals surface area contributed by atoms with Gasteiger partial charge < -0.3 is 9.47 Å². The van der Waals surface area contributed by atoms with Gasteiger partial charge in [-0.1, -0.05) is 62.4 Å². The topological polar surface area (TPSA) is 52.6 Å². The van der Waals surface area contributed by atoms with E-state index in [1.807, 2.05) is 60.7 Å². The van der Waals surface area contributed by atoms with Crippen LogP contribution in [0, 0.1) is 0 Å². The van der Waals surface area contributed by atoms with Crippen LogP contribution in [0.3, 0.4) is 0 Å². The summed E-state index contributed by atoms with van der Waals surface area (Å²) in [4.78, 5) is 22.4. The Balaban J connectivity index is 1.50. The van der Waals surface area contributed by atoms with E-state index in [0.717, 1.165) is 23.7 Å². The number of rotatable bonds is 8. The fourth-order valence-electron chi connectivity index (χ4n) is 3.64. The first-order valence-corrected chi connectivity index (χ1v) is 10.7. The molecular formula is C29H24O4. The molecule has 0 heterocycles. The summed E-state index contributed by atoms with van der Waals surface area (Å²) in [5.41, 5.74) is 3.02. The van der Waals surface area contributed by atoms with E-state index in [9.17, 15) is 9.59 Å². The average Bonchev–Trinajstić information content (AvgIpc) is 2.85. The van der Waals surface area contributed by atoms with Crippen molar-refractivity contribution in [3.8, 4) is 23.0 Å². The summed E-state index contributed by atoms with van der Waals surface area (Å²) in [5, 5.41) is 0. The molecule has 4 rings (SSSR count). The Morgan fingerprint density at radius 3 is 1.27 bits per heavy atom. The standard InChI is InChI=1S/C29H24O4/c1-29(2,23-11-15-25(16-12-23)32-27-9-5-3-7-21(27)19-30)24-13-17-26(18-14-24)33-28-10-6-4-8-22(28)20-31/h3-20H,1-2H3. The third-order valence-electron chi connectivity index (χ3n) is 5.70. The van der Waals surface area contributed by atoms with Gasteiger partial charge in [0.1, 0.15) is 23.0 Å². The van der Waals surface area contributed by atoms with Gasteiger partial charge in [-0.05, 0) is 59.7 Å².